The van der Waals surface area contributed by atoms with Crippen molar-refractivity contribution in [3.8, 4) is 0 Å². The Morgan fingerprint density at radius 3 is 2.37 bits per heavy atom. The summed E-state index contributed by atoms with van der Waals surface area (Å²) in [5.74, 6) is 0.0209. The Hall–Kier alpha value is -2.09. The molecule has 1 aliphatic rings. The number of amides is 1. The number of nitrogens with one attached hydrogen (secondary N) is 1. The van der Waals surface area contributed by atoms with Crippen LogP contribution < -0.4 is 5.32 Å². The molecule has 1 aliphatic heterocycles. The molecular weight excluding hydrogens is 234 g/mol. The van der Waals surface area contributed by atoms with E-state index in [4.69, 9.17) is 0 Å². The lowest BCUT2D eigenvalue weighted by Gasteiger charge is -2.25. The molecule has 0 atom stereocenters. The van der Waals surface area contributed by atoms with Gasteiger partial charge in [-0.05, 0) is 24.5 Å². The van der Waals surface area contributed by atoms with E-state index < -0.39 is 0 Å². The summed E-state index contributed by atoms with van der Waals surface area (Å²) in [6, 6.07) is 9.92. The topological polar surface area (TPSA) is 29.1 Å². The zero-order valence-electron chi connectivity index (χ0n) is 11.1. The highest BCUT2D eigenvalue weighted by Gasteiger charge is 2.38. The minimum atomic E-state index is -0.235. The Balaban J connectivity index is 2.25. The molecule has 0 aliphatic carbocycles. The molecular formula is C17H19NO. The van der Waals surface area contributed by atoms with Crippen molar-refractivity contribution in [2.24, 2.45) is 0 Å². The standard InChI is InChI=1S/C17H19NO/c1-3-10-17(11-4-2)13-15(16(19)18-17)12-14-8-6-5-7-9-14/h3-9,12H,1-2,10-11,13H2,(H,18,19)/b15-12-. The Kier molecular flexibility index (Phi) is 4.00. The third-order valence-corrected chi connectivity index (χ3v) is 3.41. The summed E-state index contributed by atoms with van der Waals surface area (Å²) in [6.07, 6.45) is 7.92. The Morgan fingerprint density at radius 2 is 1.79 bits per heavy atom. The van der Waals surface area contributed by atoms with Crippen molar-refractivity contribution < 1.29 is 4.79 Å². The average molecular weight is 253 g/mol. The second-order valence-electron chi connectivity index (χ2n) is 4.98. The van der Waals surface area contributed by atoms with Crippen LogP contribution in [0.1, 0.15) is 24.8 Å². The summed E-state index contributed by atoms with van der Waals surface area (Å²) in [7, 11) is 0. The van der Waals surface area contributed by atoms with Crippen LogP contribution in [0.15, 0.2) is 61.2 Å². The third kappa shape index (κ3) is 3.02. The van der Waals surface area contributed by atoms with Gasteiger partial charge in [0.25, 0.3) is 0 Å². The van der Waals surface area contributed by atoms with Gasteiger partial charge in [0.2, 0.25) is 5.91 Å². The maximum atomic E-state index is 12.1. The van der Waals surface area contributed by atoms with Gasteiger partial charge in [0.1, 0.15) is 0 Å². The van der Waals surface area contributed by atoms with Crippen LogP contribution in [0.4, 0.5) is 0 Å². The minimum Gasteiger partial charge on any atom is -0.346 e. The lowest BCUT2D eigenvalue weighted by Crippen LogP contribution is -2.40. The van der Waals surface area contributed by atoms with Crippen LogP contribution in [0.25, 0.3) is 6.08 Å². The summed E-state index contributed by atoms with van der Waals surface area (Å²) >= 11 is 0. The van der Waals surface area contributed by atoms with Crippen LogP contribution in [-0.2, 0) is 4.79 Å². The van der Waals surface area contributed by atoms with Gasteiger partial charge in [-0.15, -0.1) is 13.2 Å². The predicted molar refractivity (Wildman–Crippen MR) is 79.5 cm³/mol. The highest BCUT2D eigenvalue weighted by atomic mass is 16.2. The summed E-state index contributed by atoms with van der Waals surface area (Å²) in [5.41, 5.74) is 1.65. The van der Waals surface area contributed by atoms with E-state index in [2.05, 4.69) is 18.5 Å². The van der Waals surface area contributed by atoms with E-state index >= 15 is 0 Å². The fourth-order valence-electron chi connectivity index (χ4n) is 2.56. The van der Waals surface area contributed by atoms with Crippen molar-refractivity contribution in [3.63, 3.8) is 0 Å². The largest absolute Gasteiger partial charge is 0.346 e. The maximum absolute atomic E-state index is 12.1. The van der Waals surface area contributed by atoms with Gasteiger partial charge in [0.05, 0.1) is 5.54 Å². The van der Waals surface area contributed by atoms with Crippen molar-refractivity contribution in [2.45, 2.75) is 24.8 Å². The molecule has 0 spiro atoms. The molecule has 0 saturated carbocycles. The van der Waals surface area contributed by atoms with E-state index in [0.717, 1.165) is 30.4 Å². The quantitative estimate of drug-likeness (QED) is 0.631. The SMILES string of the molecule is C=CCC1(CC=C)C/C(=C/c2ccccc2)C(=O)N1. The van der Waals surface area contributed by atoms with Crippen LogP contribution in [0.3, 0.4) is 0 Å². The first kappa shape index (κ1) is 13.3. The lowest BCUT2D eigenvalue weighted by atomic mass is 9.88. The van der Waals surface area contributed by atoms with Crippen LogP contribution >= 0.6 is 0 Å². The monoisotopic (exact) mass is 253 g/mol. The van der Waals surface area contributed by atoms with E-state index in [9.17, 15) is 4.79 Å². The molecule has 2 nitrogen and oxygen atoms in total. The molecule has 1 heterocycles. The molecule has 1 fully saturated rings. The van der Waals surface area contributed by atoms with Crippen molar-refractivity contribution in [2.75, 3.05) is 0 Å². The van der Waals surface area contributed by atoms with Gasteiger partial charge in [-0.25, -0.2) is 0 Å². The van der Waals surface area contributed by atoms with Crippen molar-refractivity contribution >= 4 is 12.0 Å². The summed E-state index contributed by atoms with van der Waals surface area (Å²) in [6.45, 7) is 7.56. The van der Waals surface area contributed by atoms with Crippen molar-refractivity contribution in [3.05, 3.63) is 66.8 Å². The number of carbonyl (C=O) groups is 1. The Labute approximate surface area is 114 Å². The van der Waals surface area contributed by atoms with E-state index in [1.807, 2.05) is 48.6 Å². The number of rotatable bonds is 5. The number of carbonyl (C=O) groups excluding carboxylic acids is 1. The fraction of sp³-hybridized carbons (Fsp3) is 0.235. The van der Waals surface area contributed by atoms with Crippen molar-refractivity contribution in [1.82, 2.24) is 5.32 Å². The van der Waals surface area contributed by atoms with Crippen LogP contribution in [0.2, 0.25) is 0 Å². The molecule has 0 aromatic heterocycles. The molecule has 0 bridgehead atoms. The molecule has 19 heavy (non-hydrogen) atoms. The highest BCUT2D eigenvalue weighted by Crippen LogP contribution is 2.32. The zero-order chi connectivity index (χ0) is 13.7. The summed E-state index contributed by atoms with van der Waals surface area (Å²) in [4.78, 5) is 12.1. The van der Waals surface area contributed by atoms with Gasteiger partial charge in [-0.2, -0.15) is 0 Å². The number of hydrogen-bond donors (Lipinski definition) is 1. The molecule has 0 unspecified atom stereocenters. The summed E-state index contributed by atoms with van der Waals surface area (Å²) < 4.78 is 0. The molecule has 1 N–H and O–H groups in total. The second-order valence-corrected chi connectivity index (χ2v) is 4.98. The minimum absolute atomic E-state index is 0.0209. The predicted octanol–water partition coefficient (Wildman–Crippen LogP) is 3.48. The molecule has 0 radical (unpaired) electrons. The molecule has 2 heteroatoms. The van der Waals surface area contributed by atoms with E-state index in [1.54, 1.807) is 0 Å². The summed E-state index contributed by atoms with van der Waals surface area (Å²) in [5, 5.41) is 3.09. The first-order valence-corrected chi connectivity index (χ1v) is 6.49. The molecule has 98 valence electrons. The lowest BCUT2D eigenvalue weighted by molar-refractivity contribution is -0.117. The van der Waals surface area contributed by atoms with Gasteiger partial charge in [-0.1, -0.05) is 42.5 Å². The van der Waals surface area contributed by atoms with Crippen LogP contribution in [0.5, 0.6) is 0 Å². The van der Waals surface area contributed by atoms with E-state index in [0.29, 0.717) is 0 Å². The molecule has 2 rings (SSSR count). The maximum Gasteiger partial charge on any atom is 0.247 e. The zero-order valence-corrected chi connectivity index (χ0v) is 11.1. The molecule has 1 aromatic carbocycles. The Bertz CT molecular complexity index is 503. The van der Waals surface area contributed by atoms with Crippen LogP contribution in [-0.4, -0.2) is 11.4 Å². The van der Waals surface area contributed by atoms with Gasteiger partial charge in [0, 0.05) is 12.0 Å². The number of benzene rings is 1. The normalized spacial score (nSPS) is 19.2. The highest BCUT2D eigenvalue weighted by molar-refractivity contribution is 6.01. The van der Waals surface area contributed by atoms with E-state index in [1.165, 1.54) is 0 Å². The first-order chi connectivity index (χ1) is 9.19. The van der Waals surface area contributed by atoms with Gasteiger partial charge >= 0.3 is 0 Å². The first-order valence-electron chi connectivity index (χ1n) is 6.49. The molecule has 1 aromatic rings. The smallest absolute Gasteiger partial charge is 0.247 e. The second kappa shape index (κ2) is 5.70. The molecule has 1 amide bonds. The van der Waals surface area contributed by atoms with Crippen molar-refractivity contribution in [1.29, 1.82) is 0 Å². The van der Waals surface area contributed by atoms with Gasteiger partial charge in [-0.3, -0.25) is 4.79 Å². The van der Waals surface area contributed by atoms with Gasteiger partial charge in [0.15, 0.2) is 0 Å². The molecule has 1 saturated heterocycles. The van der Waals surface area contributed by atoms with Gasteiger partial charge < -0.3 is 5.32 Å². The van der Waals surface area contributed by atoms with E-state index in [-0.39, 0.29) is 11.4 Å². The average Bonchev–Trinajstić information content (AvgIpc) is 2.68. The number of hydrogen-bond acceptors (Lipinski definition) is 1. The van der Waals surface area contributed by atoms with Crippen LogP contribution in [0, 0.1) is 0 Å². The Morgan fingerprint density at radius 1 is 1.16 bits per heavy atom. The fourth-order valence-corrected chi connectivity index (χ4v) is 2.56. The third-order valence-electron chi connectivity index (χ3n) is 3.41.